The molecule has 1 unspecified atom stereocenters. The zero-order valence-electron chi connectivity index (χ0n) is 18.5. The van der Waals surface area contributed by atoms with E-state index in [1.165, 1.54) is 11.1 Å². The molecule has 2 fully saturated rings. The molecule has 1 atom stereocenters. The van der Waals surface area contributed by atoms with Crippen molar-refractivity contribution in [2.75, 3.05) is 39.4 Å². The van der Waals surface area contributed by atoms with Gasteiger partial charge in [-0.1, -0.05) is 68.4 Å². The van der Waals surface area contributed by atoms with Crippen LogP contribution in [0.5, 0.6) is 0 Å². The Kier molecular flexibility index (Phi) is 6.42. The van der Waals surface area contributed by atoms with Gasteiger partial charge in [0.25, 0.3) is 0 Å². The summed E-state index contributed by atoms with van der Waals surface area (Å²) in [5.74, 6) is 0.248. The highest BCUT2D eigenvalue weighted by atomic mass is 16.5. The van der Waals surface area contributed by atoms with E-state index in [0.717, 1.165) is 5.56 Å². The Morgan fingerprint density at radius 3 is 2.19 bits per heavy atom. The minimum absolute atomic E-state index is 0.0561. The molecule has 2 aliphatic heterocycles. The number of carbonyl (C=O) groups is 2. The predicted molar refractivity (Wildman–Crippen MR) is 121 cm³/mol. The number of hydrogen-bond acceptors (Lipinski definition) is 3. The number of rotatable bonds is 5. The molecule has 31 heavy (non-hydrogen) atoms. The molecule has 2 amide bonds. The van der Waals surface area contributed by atoms with E-state index in [4.69, 9.17) is 4.74 Å². The average molecular weight is 421 g/mol. The fourth-order valence-electron chi connectivity index (χ4n) is 4.76. The number of morpholine rings is 1. The fourth-order valence-corrected chi connectivity index (χ4v) is 4.76. The van der Waals surface area contributed by atoms with Crippen molar-refractivity contribution in [1.29, 1.82) is 0 Å². The summed E-state index contributed by atoms with van der Waals surface area (Å²) in [4.78, 5) is 30.2. The predicted octanol–water partition coefficient (Wildman–Crippen LogP) is 3.63. The highest BCUT2D eigenvalue weighted by Gasteiger charge is 2.48. The van der Waals surface area contributed by atoms with Gasteiger partial charge in [0.05, 0.1) is 18.6 Å². The van der Waals surface area contributed by atoms with Gasteiger partial charge in [0.1, 0.15) is 0 Å². The largest absolute Gasteiger partial charge is 0.378 e. The summed E-state index contributed by atoms with van der Waals surface area (Å²) in [6, 6.07) is 18.8. The van der Waals surface area contributed by atoms with E-state index in [1.807, 2.05) is 41.8 Å². The lowest BCUT2D eigenvalue weighted by Crippen LogP contribution is -2.51. The van der Waals surface area contributed by atoms with Gasteiger partial charge in [0.15, 0.2) is 0 Å². The van der Waals surface area contributed by atoms with E-state index in [9.17, 15) is 9.59 Å². The van der Waals surface area contributed by atoms with E-state index in [2.05, 4.69) is 36.4 Å². The van der Waals surface area contributed by atoms with Crippen molar-refractivity contribution in [2.45, 2.75) is 26.7 Å². The van der Waals surface area contributed by atoms with Crippen LogP contribution in [0.4, 0.5) is 0 Å². The Hall–Kier alpha value is -2.66. The smallest absolute Gasteiger partial charge is 0.231 e. The second-order valence-electron chi connectivity index (χ2n) is 9.09. The highest BCUT2D eigenvalue weighted by molar-refractivity contribution is 5.86. The lowest BCUT2D eigenvalue weighted by atomic mass is 9.79. The van der Waals surface area contributed by atoms with Crippen molar-refractivity contribution < 1.29 is 14.3 Å². The fraction of sp³-hybridized carbons (Fsp3) is 0.462. The lowest BCUT2D eigenvalue weighted by molar-refractivity contribution is -0.146. The summed E-state index contributed by atoms with van der Waals surface area (Å²) in [6.07, 6.45) is 1.36. The zero-order valence-corrected chi connectivity index (χ0v) is 18.5. The van der Waals surface area contributed by atoms with Crippen LogP contribution in [0.25, 0.3) is 11.1 Å². The SMILES string of the molecule is CC(C)C(=O)N1CCC(Cc2ccc(-c3ccccc3)cc2)(C(=O)N2CCOCC2)C1. The van der Waals surface area contributed by atoms with Crippen molar-refractivity contribution >= 4 is 11.8 Å². The molecule has 2 heterocycles. The van der Waals surface area contributed by atoms with Gasteiger partial charge in [-0.15, -0.1) is 0 Å². The van der Waals surface area contributed by atoms with E-state index in [0.29, 0.717) is 52.2 Å². The van der Waals surface area contributed by atoms with Crippen molar-refractivity contribution in [3.05, 3.63) is 60.2 Å². The van der Waals surface area contributed by atoms with Crippen molar-refractivity contribution in [1.82, 2.24) is 9.80 Å². The summed E-state index contributed by atoms with van der Waals surface area (Å²) in [5, 5.41) is 0. The summed E-state index contributed by atoms with van der Waals surface area (Å²) in [5.41, 5.74) is 2.93. The number of hydrogen-bond donors (Lipinski definition) is 0. The molecular formula is C26H32N2O3. The zero-order chi connectivity index (χ0) is 21.8. The number of likely N-dealkylation sites (tertiary alicyclic amines) is 1. The van der Waals surface area contributed by atoms with Gasteiger partial charge < -0.3 is 14.5 Å². The molecule has 0 bridgehead atoms. The van der Waals surface area contributed by atoms with Crippen LogP contribution in [0.2, 0.25) is 0 Å². The molecule has 2 aliphatic rings. The molecule has 5 heteroatoms. The average Bonchev–Trinajstić information content (AvgIpc) is 3.24. The molecule has 2 saturated heterocycles. The maximum atomic E-state index is 13.7. The number of carbonyl (C=O) groups excluding carboxylic acids is 2. The number of nitrogens with zero attached hydrogens (tertiary/aromatic N) is 2. The summed E-state index contributed by atoms with van der Waals surface area (Å²) < 4.78 is 5.45. The lowest BCUT2D eigenvalue weighted by Gasteiger charge is -2.36. The number of benzene rings is 2. The van der Waals surface area contributed by atoms with E-state index < -0.39 is 5.41 Å². The third kappa shape index (κ3) is 4.67. The first-order chi connectivity index (χ1) is 15.0. The maximum Gasteiger partial charge on any atom is 0.231 e. The first-order valence-electron chi connectivity index (χ1n) is 11.3. The van der Waals surface area contributed by atoms with Gasteiger partial charge >= 0.3 is 0 Å². The molecule has 4 rings (SSSR count). The summed E-state index contributed by atoms with van der Waals surface area (Å²) >= 11 is 0. The van der Waals surface area contributed by atoms with Crippen LogP contribution in [-0.2, 0) is 20.7 Å². The van der Waals surface area contributed by atoms with Crippen LogP contribution < -0.4 is 0 Å². The molecule has 0 spiro atoms. The summed E-state index contributed by atoms with van der Waals surface area (Å²) in [6.45, 7) is 7.43. The topological polar surface area (TPSA) is 49.9 Å². The monoisotopic (exact) mass is 420 g/mol. The van der Waals surface area contributed by atoms with Gasteiger partial charge in [0.2, 0.25) is 11.8 Å². The first kappa shape index (κ1) is 21.6. The van der Waals surface area contributed by atoms with Crippen LogP contribution >= 0.6 is 0 Å². The third-order valence-electron chi connectivity index (χ3n) is 6.51. The molecule has 164 valence electrons. The van der Waals surface area contributed by atoms with Gasteiger partial charge in [-0.2, -0.15) is 0 Å². The van der Waals surface area contributed by atoms with Gasteiger partial charge in [0, 0.05) is 32.1 Å². The first-order valence-corrected chi connectivity index (χ1v) is 11.3. The second-order valence-corrected chi connectivity index (χ2v) is 9.09. The van der Waals surface area contributed by atoms with Crippen LogP contribution in [-0.4, -0.2) is 61.0 Å². The minimum atomic E-state index is -0.559. The molecule has 0 aromatic heterocycles. The Balaban J connectivity index is 1.57. The highest BCUT2D eigenvalue weighted by Crippen LogP contribution is 2.37. The Morgan fingerprint density at radius 2 is 1.55 bits per heavy atom. The quantitative estimate of drug-likeness (QED) is 0.742. The molecule has 0 N–H and O–H groups in total. The molecular weight excluding hydrogens is 388 g/mol. The van der Waals surface area contributed by atoms with Gasteiger partial charge in [-0.05, 0) is 29.5 Å². The Morgan fingerprint density at radius 1 is 0.903 bits per heavy atom. The van der Waals surface area contributed by atoms with Crippen LogP contribution in [0.15, 0.2) is 54.6 Å². The van der Waals surface area contributed by atoms with Crippen molar-refractivity contribution in [2.24, 2.45) is 11.3 Å². The molecule has 0 saturated carbocycles. The number of ether oxygens (including phenoxy) is 1. The maximum absolute atomic E-state index is 13.7. The summed E-state index contributed by atoms with van der Waals surface area (Å²) in [7, 11) is 0. The Labute approximate surface area is 185 Å². The van der Waals surface area contributed by atoms with Gasteiger partial charge in [-0.3, -0.25) is 9.59 Å². The Bertz CT molecular complexity index is 904. The molecule has 2 aromatic rings. The molecule has 5 nitrogen and oxygen atoms in total. The van der Waals surface area contributed by atoms with Crippen LogP contribution in [0, 0.1) is 11.3 Å². The number of amides is 2. The van der Waals surface area contributed by atoms with Gasteiger partial charge in [-0.25, -0.2) is 0 Å². The molecule has 2 aromatic carbocycles. The van der Waals surface area contributed by atoms with E-state index >= 15 is 0 Å². The van der Waals surface area contributed by atoms with Crippen molar-refractivity contribution in [3.63, 3.8) is 0 Å². The molecule has 0 aliphatic carbocycles. The molecule has 0 radical (unpaired) electrons. The standard InChI is InChI=1S/C26H32N2O3/c1-20(2)24(29)28-13-12-26(19-28,25(30)27-14-16-31-17-15-27)18-21-8-10-23(11-9-21)22-6-4-3-5-7-22/h3-11,20H,12-19H2,1-2H3. The van der Waals surface area contributed by atoms with Crippen LogP contribution in [0.1, 0.15) is 25.8 Å². The van der Waals surface area contributed by atoms with E-state index in [1.54, 1.807) is 0 Å². The minimum Gasteiger partial charge on any atom is -0.378 e. The second kappa shape index (κ2) is 9.23. The van der Waals surface area contributed by atoms with Crippen molar-refractivity contribution in [3.8, 4) is 11.1 Å². The van der Waals surface area contributed by atoms with E-state index in [-0.39, 0.29) is 17.7 Å². The van der Waals surface area contributed by atoms with Crippen LogP contribution in [0.3, 0.4) is 0 Å². The normalized spacial score (nSPS) is 21.5. The third-order valence-corrected chi connectivity index (χ3v) is 6.51.